The van der Waals surface area contributed by atoms with Gasteiger partial charge in [-0.1, -0.05) is 0 Å². The van der Waals surface area contributed by atoms with Crippen LogP contribution in [0.15, 0.2) is 0 Å². The highest BCUT2D eigenvalue weighted by molar-refractivity contribution is 4.80. The number of aliphatic hydroxyl groups excluding tert-OH is 2. The molecule has 3 nitrogen and oxygen atoms in total. The molecule has 0 bridgehead atoms. The second kappa shape index (κ2) is 4.04. The first kappa shape index (κ1) is 10.9. The molecule has 0 radical (unpaired) electrons. The van der Waals surface area contributed by atoms with Gasteiger partial charge in [-0.2, -0.15) is 0 Å². The zero-order chi connectivity index (χ0) is 9.07. The summed E-state index contributed by atoms with van der Waals surface area (Å²) in [5.41, 5.74) is -0.0651. The Bertz CT molecular complexity index is 107. The fourth-order valence-corrected chi connectivity index (χ4v) is 0.875. The van der Waals surface area contributed by atoms with Gasteiger partial charge in [-0.05, 0) is 27.7 Å². The molecule has 0 saturated carbocycles. The van der Waals surface area contributed by atoms with Gasteiger partial charge in [0.05, 0.1) is 18.8 Å². The minimum atomic E-state index is -0.515. The first-order chi connectivity index (χ1) is 4.87. The topological polar surface area (TPSA) is 52.5 Å². The fourth-order valence-electron chi connectivity index (χ4n) is 0.875. The third kappa shape index (κ3) is 5.18. The number of hydrogen-bond acceptors (Lipinski definition) is 3. The number of aliphatic hydroxyl groups is 2. The number of hydrogen-bond donors (Lipinski definition) is 3. The van der Waals surface area contributed by atoms with Gasteiger partial charge in [0, 0.05) is 5.54 Å². The summed E-state index contributed by atoms with van der Waals surface area (Å²) >= 11 is 0. The summed E-state index contributed by atoms with van der Waals surface area (Å²) in [6.45, 7) is 7.63. The molecule has 0 aliphatic carbocycles. The van der Waals surface area contributed by atoms with Crippen molar-refractivity contribution in [3.05, 3.63) is 0 Å². The lowest BCUT2D eigenvalue weighted by molar-refractivity contribution is 0.0887. The molecule has 0 rings (SSSR count). The second-order valence-corrected chi connectivity index (χ2v) is 3.92. The minimum absolute atomic E-state index is 0.0328. The summed E-state index contributed by atoms with van der Waals surface area (Å²) < 4.78 is 0. The Kier molecular flexibility index (Phi) is 4.00. The molecular formula is C8H19NO2. The van der Waals surface area contributed by atoms with Crippen molar-refractivity contribution in [2.75, 3.05) is 6.61 Å². The zero-order valence-corrected chi connectivity index (χ0v) is 7.76. The van der Waals surface area contributed by atoms with Crippen LogP contribution in [0.25, 0.3) is 0 Å². The Morgan fingerprint density at radius 2 is 1.82 bits per heavy atom. The van der Waals surface area contributed by atoms with Crippen LogP contribution in [0.3, 0.4) is 0 Å². The molecule has 11 heavy (non-hydrogen) atoms. The van der Waals surface area contributed by atoms with Gasteiger partial charge in [-0.3, -0.25) is 0 Å². The summed E-state index contributed by atoms with van der Waals surface area (Å²) in [6, 6.07) is -0.227. The van der Waals surface area contributed by atoms with Crippen LogP contribution in [0.4, 0.5) is 0 Å². The molecular weight excluding hydrogens is 142 g/mol. The average Bonchev–Trinajstić information content (AvgIpc) is 1.80. The van der Waals surface area contributed by atoms with E-state index in [1.807, 2.05) is 20.8 Å². The monoisotopic (exact) mass is 161 g/mol. The largest absolute Gasteiger partial charge is 0.395 e. The Morgan fingerprint density at radius 1 is 1.36 bits per heavy atom. The van der Waals surface area contributed by atoms with Gasteiger partial charge < -0.3 is 15.5 Å². The number of rotatable bonds is 3. The third-order valence-corrected chi connectivity index (χ3v) is 1.40. The summed E-state index contributed by atoms with van der Waals surface area (Å²) in [7, 11) is 0. The number of nitrogens with one attached hydrogen (secondary N) is 1. The summed E-state index contributed by atoms with van der Waals surface area (Å²) in [6.07, 6.45) is -0.515. The normalized spacial score (nSPS) is 18.0. The maximum atomic E-state index is 9.15. The lowest BCUT2D eigenvalue weighted by atomic mass is 10.1. The van der Waals surface area contributed by atoms with Gasteiger partial charge >= 0.3 is 0 Å². The lowest BCUT2D eigenvalue weighted by Gasteiger charge is -2.28. The van der Waals surface area contributed by atoms with Gasteiger partial charge in [0.1, 0.15) is 0 Å². The summed E-state index contributed by atoms with van der Waals surface area (Å²) in [5, 5.41) is 21.1. The smallest absolute Gasteiger partial charge is 0.0687 e. The van der Waals surface area contributed by atoms with Crippen molar-refractivity contribution < 1.29 is 10.2 Å². The van der Waals surface area contributed by atoms with E-state index < -0.39 is 6.10 Å². The molecule has 0 aliphatic rings. The molecule has 3 heteroatoms. The van der Waals surface area contributed by atoms with Crippen molar-refractivity contribution in [1.82, 2.24) is 5.32 Å². The van der Waals surface area contributed by atoms with E-state index in [1.165, 1.54) is 0 Å². The first-order valence-corrected chi connectivity index (χ1v) is 3.93. The van der Waals surface area contributed by atoms with Crippen molar-refractivity contribution in [3.63, 3.8) is 0 Å². The Balaban J connectivity index is 3.88. The second-order valence-electron chi connectivity index (χ2n) is 3.92. The van der Waals surface area contributed by atoms with Gasteiger partial charge in [0.2, 0.25) is 0 Å². The minimum Gasteiger partial charge on any atom is -0.395 e. The van der Waals surface area contributed by atoms with Crippen LogP contribution in [0.1, 0.15) is 27.7 Å². The van der Waals surface area contributed by atoms with Crippen LogP contribution < -0.4 is 5.32 Å². The molecule has 0 fully saturated rings. The van der Waals surface area contributed by atoms with E-state index in [0.29, 0.717) is 0 Å². The molecule has 0 saturated heterocycles. The zero-order valence-electron chi connectivity index (χ0n) is 7.76. The standard InChI is InChI=1S/C8H19NO2/c1-6(11)7(5-10)9-8(2,3)4/h6-7,9-11H,5H2,1-4H3/t6-,7-/m1/s1. The fraction of sp³-hybridized carbons (Fsp3) is 1.00. The molecule has 0 aromatic carbocycles. The van der Waals surface area contributed by atoms with E-state index in [2.05, 4.69) is 5.32 Å². The molecule has 0 aliphatic heterocycles. The van der Waals surface area contributed by atoms with Gasteiger partial charge in [0.25, 0.3) is 0 Å². The lowest BCUT2D eigenvalue weighted by Crippen LogP contribution is -2.50. The van der Waals surface area contributed by atoms with E-state index in [9.17, 15) is 0 Å². The van der Waals surface area contributed by atoms with Crippen molar-refractivity contribution >= 4 is 0 Å². The Labute approximate surface area is 68.4 Å². The maximum Gasteiger partial charge on any atom is 0.0687 e. The van der Waals surface area contributed by atoms with Crippen molar-refractivity contribution in [2.45, 2.75) is 45.4 Å². The molecule has 3 N–H and O–H groups in total. The third-order valence-electron chi connectivity index (χ3n) is 1.40. The van der Waals surface area contributed by atoms with Crippen LogP contribution in [0, 0.1) is 0 Å². The van der Waals surface area contributed by atoms with Crippen LogP contribution >= 0.6 is 0 Å². The van der Waals surface area contributed by atoms with Gasteiger partial charge in [0.15, 0.2) is 0 Å². The van der Waals surface area contributed by atoms with Crippen molar-refractivity contribution in [1.29, 1.82) is 0 Å². The van der Waals surface area contributed by atoms with E-state index >= 15 is 0 Å². The van der Waals surface area contributed by atoms with Crippen LogP contribution in [0.2, 0.25) is 0 Å². The predicted octanol–water partition coefficient (Wildman–Crippen LogP) is 0.116. The molecule has 0 heterocycles. The highest BCUT2D eigenvalue weighted by Crippen LogP contribution is 2.03. The molecule has 0 amide bonds. The average molecular weight is 161 g/mol. The first-order valence-electron chi connectivity index (χ1n) is 3.93. The summed E-state index contributed by atoms with van der Waals surface area (Å²) in [4.78, 5) is 0. The van der Waals surface area contributed by atoms with Crippen molar-refractivity contribution in [3.8, 4) is 0 Å². The molecule has 0 spiro atoms. The highest BCUT2D eigenvalue weighted by Gasteiger charge is 2.19. The van der Waals surface area contributed by atoms with Crippen LogP contribution in [-0.2, 0) is 0 Å². The van der Waals surface area contributed by atoms with E-state index in [1.54, 1.807) is 6.92 Å². The molecule has 0 unspecified atom stereocenters. The van der Waals surface area contributed by atoms with E-state index in [-0.39, 0.29) is 18.2 Å². The molecule has 68 valence electrons. The molecule has 0 aromatic heterocycles. The van der Waals surface area contributed by atoms with Gasteiger partial charge in [-0.15, -0.1) is 0 Å². The highest BCUT2D eigenvalue weighted by atomic mass is 16.3. The van der Waals surface area contributed by atoms with Gasteiger partial charge in [-0.25, -0.2) is 0 Å². The van der Waals surface area contributed by atoms with E-state index in [4.69, 9.17) is 10.2 Å². The maximum absolute atomic E-state index is 9.15. The van der Waals surface area contributed by atoms with E-state index in [0.717, 1.165) is 0 Å². The van der Waals surface area contributed by atoms with Crippen LogP contribution in [0.5, 0.6) is 0 Å². The predicted molar refractivity (Wildman–Crippen MR) is 45.4 cm³/mol. The Hall–Kier alpha value is -0.120. The molecule has 2 atom stereocenters. The quantitative estimate of drug-likeness (QED) is 0.551. The summed E-state index contributed by atoms with van der Waals surface area (Å²) in [5.74, 6) is 0. The van der Waals surface area contributed by atoms with Crippen molar-refractivity contribution in [2.24, 2.45) is 0 Å². The van der Waals surface area contributed by atoms with Crippen LogP contribution in [-0.4, -0.2) is 34.5 Å². The molecule has 0 aromatic rings. The Morgan fingerprint density at radius 3 is 1.91 bits per heavy atom. The SMILES string of the molecule is C[C@@H](O)[C@@H](CO)NC(C)(C)C.